The van der Waals surface area contributed by atoms with Crippen molar-refractivity contribution in [2.75, 3.05) is 6.61 Å². The molecule has 0 saturated heterocycles. The molecule has 0 fully saturated rings. The molecule has 0 unspecified atom stereocenters. The van der Waals surface area contributed by atoms with Crippen molar-refractivity contribution >= 4 is 21.9 Å². The Morgan fingerprint density at radius 1 is 0.867 bits per heavy atom. The third kappa shape index (κ3) is 2.42. The summed E-state index contributed by atoms with van der Waals surface area (Å²) in [4.78, 5) is 0. The molecule has 0 aliphatic carbocycles. The van der Waals surface area contributed by atoms with Crippen molar-refractivity contribution in [2.45, 2.75) is 13.3 Å². The van der Waals surface area contributed by atoms with Crippen LogP contribution in [0.5, 0.6) is 5.75 Å². The van der Waals surface area contributed by atoms with E-state index in [1.54, 1.807) is 0 Å². The molecule has 3 heterocycles. The van der Waals surface area contributed by atoms with Gasteiger partial charge in [0.25, 0.3) is 0 Å². The zero-order valence-electron chi connectivity index (χ0n) is 18.9. The van der Waals surface area contributed by atoms with E-state index in [9.17, 15) is 0 Å². The molecule has 3 heteroatoms. The van der Waals surface area contributed by atoms with Crippen molar-refractivity contribution in [2.24, 2.45) is 7.05 Å². The zero-order chi connectivity index (χ0) is 22.0. The quantitative estimate of drug-likeness (QED) is 0.344. The lowest BCUT2D eigenvalue weighted by Gasteiger charge is -2.08. The van der Waals surface area contributed by atoms with Gasteiger partial charge in [-0.2, -0.15) is 0 Å². The summed E-state index contributed by atoms with van der Waals surface area (Å²) in [5, 5.41) is 2.10. The summed E-state index contributed by atoms with van der Waals surface area (Å²) in [5.74, 6) is 0.608. The van der Waals surface area contributed by atoms with Crippen molar-refractivity contribution < 1.29 is 16.5 Å². The third-order valence-electron chi connectivity index (χ3n) is 5.97. The van der Waals surface area contributed by atoms with Crippen LogP contribution in [0.4, 0.5) is 0 Å². The number of fused-ring (bicyclic) bond motifs is 4. The van der Waals surface area contributed by atoms with Gasteiger partial charge < -0.3 is 9.15 Å². The maximum absolute atomic E-state index is 8.26. The lowest BCUT2D eigenvalue weighted by Crippen LogP contribution is -2.30. The van der Waals surface area contributed by atoms with Crippen molar-refractivity contribution in [1.82, 2.24) is 0 Å². The summed E-state index contributed by atoms with van der Waals surface area (Å²) >= 11 is 0. The molecule has 5 aromatic rings. The lowest BCUT2D eigenvalue weighted by atomic mass is 9.97. The first kappa shape index (κ1) is 15.3. The zero-order valence-corrected chi connectivity index (χ0v) is 16.9. The molecular weight excluding hydrogens is 370 g/mol. The van der Waals surface area contributed by atoms with Gasteiger partial charge >= 0.3 is 0 Å². The summed E-state index contributed by atoms with van der Waals surface area (Å²) in [6.07, 6.45) is 0.555. The number of pyridine rings is 1. The lowest BCUT2D eigenvalue weighted by molar-refractivity contribution is -0.660. The monoisotopic (exact) mass is 394 g/mol. The van der Waals surface area contributed by atoms with Gasteiger partial charge in [-0.05, 0) is 24.1 Å². The molecule has 0 bridgehead atoms. The van der Waals surface area contributed by atoms with E-state index in [2.05, 4.69) is 35.8 Å². The van der Waals surface area contributed by atoms with Crippen LogP contribution in [-0.4, -0.2) is 6.61 Å². The van der Waals surface area contributed by atoms with E-state index < -0.39 is 6.37 Å². The number of aromatic nitrogens is 1. The Morgan fingerprint density at radius 3 is 2.60 bits per heavy atom. The van der Waals surface area contributed by atoms with E-state index in [-0.39, 0.29) is 6.61 Å². The minimum atomic E-state index is -1.49. The summed E-state index contributed by atoms with van der Waals surface area (Å²) < 4.78 is 31.1. The van der Waals surface area contributed by atoms with Gasteiger partial charge in [0.05, 0.1) is 12.2 Å². The molecule has 0 spiro atoms. The van der Waals surface area contributed by atoms with Gasteiger partial charge in [0.2, 0.25) is 5.69 Å². The Labute approximate surface area is 178 Å². The second kappa shape index (κ2) is 6.46. The van der Waals surface area contributed by atoms with Crippen LogP contribution in [0.2, 0.25) is 0 Å². The van der Waals surface area contributed by atoms with Crippen molar-refractivity contribution in [1.29, 1.82) is 0 Å². The first-order valence-corrected chi connectivity index (χ1v) is 10.1. The highest BCUT2D eigenvalue weighted by atomic mass is 16.5. The minimum Gasteiger partial charge on any atom is -0.492 e. The van der Waals surface area contributed by atoms with E-state index in [0.29, 0.717) is 11.3 Å². The Balaban J connectivity index is 1.67. The van der Waals surface area contributed by atoms with Crippen LogP contribution in [0.25, 0.3) is 44.3 Å². The Hall–Kier alpha value is -3.59. The van der Waals surface area contributed by atoms with Gasteiger partial charge in [0.15, 0.2) is 6.20 Å². The first-order chi connectivity index (χ1) is 15.5. The minimum absolute atomic E-state index is 0.0311. The predicted molar refractivity (Wildman–Crippen MR) is 120 cm³/mol. The van der Waals surface area contributed by atoms with Crippen molar-refractivity contribution in [3.8, 4) is 28.1 Å². The van der Waals surface area contributed by atoms with Gasteiger partial charge in [-0.25, -0.2) is 4.57 Å². The fourth-order valence-corrected chi connectivity index (χ4v) is 4.50. The van der Waals surface area contributed by atoms with Crippen LogP contribution in [0.15, 0.2) is 77.3 Å². The third-order valence-corrected chi connectivity index (χ3v) is 5.97. The highest BCUT2D eigenvalue weighted by molar-refractivity contribution is 6.13. The van der Waals surface area contributed by atoms with Gasteiger partial charge in [0.1, 0.15) is 24.0 Å². The molecule has 2 aromatic heterocycles. The number of benzene rings is 3. The topological polar surface area (TPSA) is 26.2 Å². The Morgan fingerprint density at radius 2 is 1.70 bits per heavy atom. The van der Waals surface area contributed by atoms with Crippen LogP contribution < -0.4 is 9.30 Å². The van der Waals surface area contributed by atoms with Crippen molar-refractivity contribution in [3.63, 3.8) is 0 Å². The predicted octanol–water partition coefficient (Wildman–Crippen LogP) is 5.99. The fraction of sp³-hybridized carbons (Fsp3) is 0.148. The van der Waals surface area contributed by atoms with E-state index in [4.69, 9.17) is 11.9 Å². The summed E-state index contributed by atoms with van der Waals surface area (Å²) in [6.45, 7) is 2.14. The number of furan rings is 1. The fourth-order valence-electron chi connectivity index (χ4n) is 4.50. The summed E-state index contributed by atoms with van der Waals surface area (Å²) in [6, 6.07) is 22.2. The average Bonchev–Trinajstić information content (AvgIpc) is 3.31. The molecular formula is C27H22NO2+. The Bertz CT molecular complexity index is 1530. The smallest absolute Gasteiger partial charge is 0.216 e. The van der Waals surface area contributed by atoms with Crippen LogP contribution in [-0.2, 0) is 13.4 Å². The van der Waals surface area contributed by atoms with E-state index in [1.165, 1.54) is 0 Å². The number of rotatable bonds is 2. The normalized spacial score (nSPS) is 15.7. The molecule has 6 rings (SSSR count). The van der Waals surface area contributed by atoms with Gasteiger partial charge in [-0.15, -0.1) is 0 Å². The van der Waals surface area contributed by atoms with E-state index >= 15 is 0 Å². The van der Waals surface area contributed by atoms with E-state index in [1.807, 2.05) is 55.7 Å². The summed E-state index contributed by atoms with van der Waals surface area (Å²) in [5.41, 5.74) is 7.33. The SMILES string of the molecule is [2H]C1([2H])COc2c(-c3cccc4c3oc3c(-c5cccc[n+]5C)c(C)ccc34)cccc21. The molecule has 3 nitrogen and oxygen atoms in total. The van der Waals surface area contributed by atoms with Crippen LogP contribution in [0.1, 0.15) is 13.9 Å². The highest BCUT2D eigenvalue weighted by Gasteiger charge is 2.23. The molecule has 0 N–H and O–H groups in total. The molecule has 0 radical (unpaired) electrons. The average molecular weight is 394 g/mol. The van der Waals surface area contributed by atoms with Crippen LogP contribution in [0, 0.1) is 6.92 Å². The number of nitrogens with zero attached hydrogens (tertiary/aromatic N) is 1. The van der Waals surface area contributed by atoms with Crippen molar-refractivity contribution in [3.05, 3.63) is 84.1 Å². The largest absolute Gasteiger partial charge is 0.492 e. The molecule has 0 saturated carbocycles. The Kier molecular flexibility index (Phi) is 3.29. The molecule has 30 heavy (non-hydrogen) atoms. The first-order valence-electron chi connectivity index (χ1n) is 11.1. The molecule has 1 aliphatic heterocycles. The summed E-state index contributed by atoms with van der Waals surface area (Å²) in [7, 11) is 2.04. The maximum atomic E-state index is 8.26. The van der Waals surface area contributed by atoms with E-state index in [0.717, 1.165) is 49.9 Å². The standard InChI is InChI=1S/C27H22NO2/c1-17-12-13-22-21-10-6-9-20(19-8-5-7-18-14-16-29-25(18)19)26(21)30-27(22)24(17)23-11-3-4-15-28(23)2/h3-13,15H,14,16H2,1-2H3/q+1/i14D2. The van der Waals surface area contributed by atoms with Crippen LogP contribution in [0.3, 0.4) is 0 Å². The van der Waals surface area contributed by atoms with Gasteiger partial charge in [-0.3, -0.25) is 0 Å². The molecule has 0 atom stereocenters. The molecule has 146 valence electrons. The van der Waals surface area contributed by atoms with Crippen LogP contribution >= 0.6 is 0 Å². The van der Waals surface area contributed by atoms with Gasteiger partial charge in [-0.1, -0.05) is 48.5 Å². The number of ether oxygens (including phenoxy) is 1. The molecule has 1 aliphatic rings. The van der Waals surface area contributed by atoms with Gasteiger partial charge in [0, 0.05) is 43.1 Å². The second-order valence-electron chi connectivity index (χ2n) is 7.76. The molecule has 3 aromatic carbocycles. The number of hydrogen-bond acceptors (Lipinski definition) is 2. The molecule has 0 amide bonds. The number of para-hydroxylation sites is 2. The second-order valence-corrected chi connectivity index (χ2v) is 7.76. The number of aryl methyl sites for hydroxylation is 2. The maximum Gasteiger partial charge on any atom is 0.216 e. The number of hydrogen-bond donors (Lipinski definition) is 0. The highest BCUT2D eigenvalue weighted by Crippen LogP contribution is 2.44.